The number of cyclic esters (lactones) is 1. The minimum Gasteiger partial charge on any atom is -0.508 e. The number of aliphatic hydroxyl groups is 4. The molecule has 1 aliphatic heterocycles. The lowest BCUT2D eigenvalue weighted by Gasteiger charge is -2.49. The lowest BCUT2D eigenvalue weighted by Crippen LogP contribution is -2.65. The first kappa shape index (κ1) is 22.5. The van der Waals surface area contributed by atoms with Crippen molar-refractivity contribution in [3.05, 3.63) is 52.8 Å². The van der Waals surface area contributed by atoms with Crippen molar-refractivity contribution >= 4 is 29.0 Å². The van der Waals surface area contributed by atoms with Crippen molar-refractivity contribution < 1.29 is 44.7 Å². The maximum Gasteiger partial charge on any atom is 0.348 e. The van der Waals surface area contributed by atoms with Crippen LogP contribution in [0.5, 0.6) is 5.75 Å². The van der Waals surface area contributed by atoms with Crippen LogP contribution in [0, 0.1) is 11.8 Å². The summed E-state index contributed by atoms with van der Waals surface area (Å²) < 4.78 is 5.25. The summed E-state index contributed by atoms with van der Waals surface area (Å²) in [6, 6.07) is 4.25. The van der Waals surface area contributed by atoms with E-state index >= 15 is 0 Å². The number of hydrogen-bond donors (Lipinski definition) is 6. The molecule has 1 aromatic rings. The third-order valence-electron chi connectivity index (χ3n) is 6.44. The van der Waals surface area contributed by atoms with Crippen molar-refractivity contribution in [1.29, 1.82) is 0 Å². The molecule has 1 fully saturated rings. The van der Waals surface area contributed by atoms with Gasteiger partial charge in [-0.1, -0.05) is 18.7 Å². The number of phenols is 1. The summed E-state index contributed by atoms with van der Waals surface area (Å²) in [5.74, 6) is -9.72. The van der Waals surface area contributed by atoms with Crippen LogP contribution in [0.25, 0.3) is 11.3 Å². The smallest absolute Gasteiger partial charge is 0.348 e. The quantitative estimate of drug-likeness (QED) is 0.245. The molecule has 1 aromatic carbocycles. The first-order valence-corrected chi connectivity index (χ1v) is 9.86. The molecule has 11 nitrogen and oxygen atoms in total. The second-order valence-electron chi connectivity index (χ2n) is 8.42. The Morgan fingerprint density at radius 2 is 1.85 bits per heavy atom. The molecule has 33 heavy (non-hydrogen) atoms. The van der Waals surface area contributed by atoms with Gasteiger partial charge < -0.3 is 36.0 Å². The van der Waals surface area contributed by atoms with E-state index in [1.165, 1.54) is 37.2 Å². The molecule has 1 amide bonds. The third-order valence-corrected chi connectivity index (χ3v) is 6.44. The highest BCUT2D eigenvalue weighted by Gasteiger charge is 2.66. The van der Waals surface area contributed by atoms with Crippen molar-refractivity contribution in [1.82, 2.24) is 4.90 Å². The van der Waals surface area contributed by atoms with E-state index in [2.05, 4.69) is 6.58 Å². The molecule has 0 bridgehead atoms. The van der Waals surface area contributed by atoms with E-state index in [0.717, 1.165) is 0 Å². The number of nitrogens with two attached hydrogens (primary N) is 1. The number of Topliss-reactive ketones (excluding diaryl/α,β-unsaturated/α-hetero) is 1. The fourth-order valence-corrected chi connectivity index (χ4v) is 4.93. The summed E-state index contributed by atoms with van der Waals surface area (Å²) in [4.78, 5) is 39.5. The number of ether oxygens (including phenoxy) is 1. The Balaban J connectivity index is 2.08. The molecule has 5 atom stereocenters. The van der Waals surface area contributed by atoms with Crippen LogP contribution in [0.1, 0.15) is 11.1 Å². The van der Waals surface area contributed by atoms with E-state index < -0.39 is 75.8 Å². The Labute approximate surface area is 187 Å². The fourth-order valence-electron chi connectivity index (χ4n) is 4.93. The van der Waals surface area contributed by atoms with Gasteiger partial charge >= 0.3 is 5.97 Å². The van der Waals surface area contributed by atoms with E-state index in [-0.39, 0.29) is 16.7 Å². The summed E-state index contributed by atoms with van der Waals surface area (Å²) in [6.07, 6.45) is -3.25. The minimum absolute atomic E-state index is 0.142. The molecule has 0 saturated heterocycles. The van der Waals surface area contributed by atoms with Gasteiger partial charge in [-0.25, -0.2) is 4.79 Å². The fraction of sp³-hybridized carbons (Fsp3) is 0.318. The number of benzene rings is 1. The van der Waals surface area contributed by atoms with Crippen molar-refractivity contribution in [2.24, 2.45) is 17.6 Å². The molecule has 174 valence electrons. The van der Waals surface area contributed by atoms with Gasteiger partial charge in [-0.3, -0.25) is 14.5 Å². The number of rotatable bonds is 2. The minimum atomic E-state index is -3.08. The monoisotopic (exact) mass is 458 g/mol. The Hall–Kier alpha value is -3.67. The van der Waals surface area contributed by atoms with Crippen LogP contribution in [0.3, 0.4) is 0 Å². The summed E-state index contributed by atoms with van der Waals surface area (Å²) >= 11 is 0. The van der Waals surface area contributed by atoms with Crippen molar-refractivity contribution in [2.75, 3.05) is 14.1 Å². The van der Waals surface area contributed by atoms with E-state index in [1.807, 2.05) is 0 Å². The number of nitrogens with zero attached hydrogens (tertiary/aromatic N) is 1. The van der Waals surface area contributed by atoms with Gasteiger partial charge in [-0.2, -0.15) is 0 Å². The number of aliphatic hydroxyl groups excluding tert-OH is 3. The van der Waals surface area contributed by atoms with Crippen LogP contribution in [-0.2, 0) is 19.1 Å². The number of esters is 1. The zero-order chi connectivity index (χ0) is 24.6. The molecule has 1 heterocycles. The number of aromatic hydroxyl groups is 1. The maximum absolute atomic E-state index is 13.7. The highest BCUT2D eigenvalue weighted by molar-refractivity contribution is 6.20. The molecule has 11 heteroatoms. The number of phenolic OH excluding ortho intramolecular Hbond substituents is 1. The summed E-state index contributed by atoms with van der Waals surface area (Å²) in [5.41, 5.74) is 0.649. The Morgan fingerprint density at radius 1 is 1.21 bits per heavy atom. The Bertz CT molecular complexity index is 1200. The van der Waals surface area contributed by atoms with E-state index in [1.54, 1.807) is 0 Å². The van der Waals surface area contributed by atoms with Gasteiger partial charge in [0.15, 0.2) is 23.2 Å². The number of hydrogen-bond acceptors (Lipinski definition) is 10. The molecule has 3 aliphatic rings. The predicted octanol–water partition coefficient (Wildman–Crippen LogP) is -0.663. The largest absolute Gasteiger partial charge is 0.508 e. The molecular weight excluding hydrogens is 436 g/mol. The molecule has 2 aliphatic carbocycles. The average molecular weight is 458 g/mol. The van der Waals surface area contributed by atoms with Crippen LogP contribution in [-0.4, -0.2) is 80.1 Å². The first-order valence-electron chi connectivity index (χ1n) is 9.86. The number of carbonyl (C=O) groups is 3. The van der Waals surface area contributed by atoms with Gasteiger partial charge in [-0.15, -0.1) is 0 Å². The summed E-state index contributed by atoms with van der Waals surface area (Å²) in [6.45, 7) is 3.91. The van der Waals surface area contributed by atoms with Crippen LogP contribution in [0.4, 0.5) is 0 Å². The maximum atomic E-state index is 13.7. The highest BCUT2D eigenvalue weighted by Crippen LogP contribution is 2.54. The Kier molecular flexibility index (Phi) is 4.89. The van der Waals surface area contributed by atoms with Crippen LogP contribution >= 0.6 is 0 Å². The zero-order valence-electron chi connectivity index (χ0n) is 17.6. The van der Waals surface area contributed by atoms with Gasteiger partial charge in [-0.05, 0) is 31.3 Å². The highest BCUT2D eigenvalue weighted by atomic mass is 16.6. The van der Waals surface area contributed by atoms with E-state index in [4.69, 9.17) is 10.5 Å². The molecule has 0 radical (unpaired) electrons. The first-order chi connectivity index (χ1) is 15.3. The number of ketones is 1. The van der Waals surface area contributed by atoms with Crippen LogP contribution in [0.15, 0.2) is 41.7 Å². The zero-order valence-corrected chi connectivity index (χ0v) is 17.6. The molecule has 7 N–H and O–H groups in total. The lowest BCUT2D eigenvalue weighted by molar-refractivity contribution is -0.190. The van der Waals surface area contributed by atoms with Crippen LogP contribution < -0.4 is 5.73 Å². The van der Waals surface area contributed by atoms with E-state index in [9.17, 15) is 39.9 Å². The standard InChI is InChI=1S/C22H22N2O9/c1-7-8-5-4-6-9(25)11(8)15(26)12-10(7)16(27)14-20(24(2)3)33-21(31)13(19(23)30)18(29)22(14,32)17(12)28/h4-6,10,14,16,20,25-27,29,32H,1H2,2-3H3,(H2,23,30)/t10-,14+,16+,20?,22+/m1/s1. The average Bonchev–Trinajstić information content (AvgIpc) is 2.82. The van der Waals surface area contributed by atoms with Crippen molar-refractivity contribution in [2.45, 2.75) is 17.9 Å². The Morgan fingerprint density at radius 3 is 2.42 bits per heavy atom. The number of amides is 1. The summed E-state index contributed by atoms with van der Waals surface area (Å²) in [7, 11) is 2.85. The SMILES string of the molecule is C=C1c2cccc(O)c2C(O)=C2C(=O)[C@]3(O)C(O)=C(C(N)=O)C(=O)OC(N(C)C)[C@@H]3[C@@H](O)[C@H]12. The van der Waals surface area contributed by atoms with Gasteiger partial charge in [0.25, 0.3) is 5.91 Å². The summed E-state index contributed by atoms with van der Waals surface area (Å²) in [5, 5.41) is 55.0. The molecule has 0 spiro atoms. The van der Waals surface area contributed by atoms with Gasteiger partial charge in [0, 0.05) is 5.92 Å². The van der Waals surface area contributed by atoms with Gasteiger partial charge in [0.2, 0.25) is 5.78 Å². The number of primary amides is 1. The molecule has 1 unspecified atom stereocenters. The predicted molar refractivity (Wildman–Crippen MR) is 112 cm³/mol. The molecular formula is C22H22N2O9. The third kappa shape index (κ3) is 2.76. The second-order valence-corrected chi connectivity index (χ2v) is 8.42. The van der Waals surface area contributed by atoms with E-state index in [0.29, 0.717) is 0 Å². The normalized spacial score (nSPS) is 31.6. The molecule has 4 rings (SSSR count). The van der Waals surface area contributed by atoms with Gasteiger partial charge in [0.1, 0.15) is 11.5 Å². The second kappa shape index (κ2) is 7.17. The number of fused-ring (bicyclic) bond motifs is 3. The van der Waals surface area contributed by atoms with Gasteiger partial charge in [0.05, 0.1) is 23.2 Å². The molecule has 0 aromatic heterocycles. The number of carbonyl (C=O) groups excluding carboxylic acids is 3. The lowest BCUT2D eigenvalue weighted by atomic mass is 9.59. The molecule has 1 saturated carbocycles. The van der Waals surface area contributed by atoms with Crippen molar-refractivity contribution in [3.8, 4) is 5.75 Å². The van der Waals surface area contributed by atoms with Crippen LogP contribution in [0.2, 0.25) is 0 Å². The van der Waals surface area contributed by atoms with Crippen molar-refractivity contribution in [3.63, 3.8) is 0 Å². The topological polar surface area (TPSA) is 191 Å².